The molecular formula is C7H6ClF2NO. The van der Waals surface area contributed by atoms with E-state index in [1.54, 1.807) is 0 Å². The Labute approximate surface area is 72.8 Å². The molecule has 0 aliphatic rings. The molecule has 0 fully saturated rings. The van der Waals surface area contributed by atoms with Gasteiger partial charge in [-0.1, -0.05) is 11.6 Å². The lowest BCUT2D eigenvalue weighted by Crippen LogP contribution is -1.93. The summed E-state index contributed by atoms with van der Waals surface area (Å²) in [5.74, 6) is -0.521. The maximum absolute atomic E-state index is 12.2. The molecule has 0 aliphatic carbocycles. The van der Waals surface area contributed by atoms with Gasteiger partial charge < -0.3 is 5.11 Å². The van der Waals surface area contributed by atoms with E-state index in [0.29, 0.717) is 0 Å². The van der Waals surface area contributed by atoms with Gasteiger partial charge in [0.05, 0.1) is 11.8 Å². The maximum Gasteiger partial charge on any atom is 0.267 e. The third-order valence-electron chi connectivity index (χ3n) is 1.51. The highest BCUT2D eigenvalue weighted by atomic mass is 35.5. The van der Waals surface area contributed by atoms with Crippen LogP contribution in [0.4, 0.5) is 8.78 Å². The first-order valence-corrected chi connectivity index (χ1v) is 3.54. The first kappa shape index (κ1) is 9.19. The van der Waals surface area contributed by atoms with Gasteiger partial charge in [-0.15, -0.1) is 0 Å². The molecular weight excluding hydrogens is 188 g/mol. The molecule has 0 atom stereocenters. The van der Waals surface area contributed by atoms with E-state index < -0.39 is 17.7 Å². The lowest BCUT2D eigenvalue weighted by Gasteiger charge is -2.07. The molecule has 1 aromatic rings. The van der Waals surface area contributed by atoms with Crippen molar-refractivity contribution in [3.05, 3.63) is 22.5 Å². The molecule has 0 aromatic carbocycles. The van der Waals surface area contributed by atoms with Crippen molar-refractivity contribution >= 4 is 11.6 Å². The summed E-state index contributed by atoms with van der Waals surface area (Å²) in [4.78, 5) is 3.50. The number of aromatic nitrogens is 1. The molecule has 0 radical (unpaired) electrons. The molecule has 5 heteroatoms. The van der Waals surface area contributed by atoms with Crippen LogP contribution in [0.1, 0.15) is 17.6 Å². The van der Waals surface area contributed by atoms with Gasteiger partial charge in [0.2, 0.25) is 0 Å². The molecule has 1 heterocycles. The number of hydrogen-bond donors (Lipinski definition) is 1. The van der Waals surface area contributed by atoms with Gasteiger partial charge in [-0.2, -0.15) is 0 Å². The van der Waals surface area contributed by atoms with Crippen LogP contribution in [0.15, 0.2) is 6.20 Å². The van der Waals surface area contributed by atoms with E-state index in [1.807, 2.05) is 0 Å². The second-order valence-corrected chi connectivity index (χ2v) is 2.63. The van der Waals surface area contributed by atoms with Crippen LogP contribution in [0.5, 0.6) is 5.75 Å². The second-order valence-electron chi connectivity index (χ2n) is 2.27. The quantitative estimate of drug-likeness (QED) is 0.696. The summed E-state index contributed by atoms with van der Waals surface area (Å²) in [7, 11) is 0. The summed E-state index contributed by atoms with van der Waals surface area (Å²) in [5.41, 5.74) is -0.332. The highest BCUT2D eigenvalue weighted by molar-refractivity contribution is 6.30. The van der Waals surface area contributed by atoms with Crippen LogP contribution in [0, 0.1) is 6.92 Å². The Morgan fingerprint density at radius 1 is 1.58 bits per heavy atom. The average Bonchev–Trinajstić information content (AvgIpc) is 1.97. The van der Waals surface area contributed by atoms with E-state index in [9.17, 15) is 8.78 Å². The normalized spacial score (nSPS) is 10.8. The lowest BCUT2D eigenvalue weighted by atomic mass is 10.1. The zero-order valence-corrected chi connectivity index (χ0v) is 6.94. The predicted octanol–water partition coefficient (Wildman–Crippen LogP) is 2.69. The van der Waals surface area contributed by atoms with E-state index in [4.69, 9.17) is 16.7 Å². The smallest absolute Gasteiger partial charge is 0.267 e. The number of hydrogen-bond acceptors (Lipinski definition) is 2. The molecule has 0 bridgehead atoms. The summed E-state index contributed by atoms with van der Waals surface area (Å²) in [6.07, 6.45) is -1.82. The minimum absolute atomic E-state index is 0.0110. The molecule has 0 saturated carbocycles. The fourth-order valence-corrected chi connectivity index (χ4v) is 1.01. The SMILES string of the molecule is Cc1c(Cl)ncc(O)c1C(F)F. The van der Waals surface area contributed by atoms with E-state index >= 15 is 0 Å². The van der Waals surface area contributed by atoms with Crippen molar-refractivity contribution in [1.29, 1.82) is 0 Å². The summed E-state index contributed by atoms with van der Waals surface area (Å²) in [6, 6.07) is 0. The standard InChI is InChI=1S/C7H6ClF2NO/c1-3-5(7(9)10)4(12)2-11-6(3)8/h2,7,12H,1H3. The van der Waals surface area contributed by atoms with E-state index in [-0.39, 0.29) is 10.7 Å². The Hall–Kier alpha value is -0.900. The molecule has 0 unspecified atom stereocenters. The van der Waals surface area contributed by atoms with Gasteiger partial charge in [-0.25, -0.2) is 13.8 Å². The summed E-state index contributed by atoms with van der Waals surface area (Å²) < 4.78 is 24.4. The van der Waals surface area contributed by atoms with Gasteiger partial charge >= 0.3 is 0 Å². The molecule has 0 aliphatic heterocycles. The Bertz CT molecular complexity index is 304. The summed E-state index contributed by atoms with van der Waals surface area (Å²) >= 11 is 5.47. The largest absolute Gasteiger partial charge is 0.506 e. The third kappa shape index (κ3) is 1.48. The molecule has 0 amide bonds. The molecule has 1 aromatic heterocycles. The minimum atomic E-state index is -2.73. The van der Waals surface area contributed by atoms with Crippen molar-refractivity contribution < 1.29 is 13.9 Å². The third-order valence-corrected chi connectivity index (χ3v) is 1.89. The predicted molar refractivity (Wildman–Crippen MR) is 40.6 cm³/mol. The van der Waals surface area contributed by atoms with Crippen LogP contribution in [-0.4, -0.2) is 10.1 Å². The summed E-state index contributed by atoms with van der Waals surface area (Å²) in [6.45, 7) is 1.39. The molecule has 12 heavy (non-hydrogen) atoms. The van der Waals surface area contributed by atoms with Crippen LogP contribution in [0.2, 0.25) is 5.15 Å². The Balaban J connectivity index is 3.33. The highest BCUT2D eigenvalue weighted by Gasteiger charge is 2.18. The van der Waals surface area contributed by atoms with E-state index in [0.717, 1.165) is 6.20 Å². The Morgan fingerprint density at radius 2 is 2.17 bits per heavy atom. The van der Waals surface area contributed by atoms with Gasteiger partial charge in [0.15, 0.2) is 0 Å². The fourth-order valence-electron chi connectivity index (χ4n) is 0.863. The van der Waals surface area contributed by atoms with Crippen molar-refractivity contribution in [3.63, 3.8) is 0 Å². The maximum atomic E-state index is 12.2. The van der Waals surface area contributed by atoms with Crippen molar-refractivity contribution in [2.24, 2.45) is 0 Å². The topological polar surface area (TPSA) is 33.1 Å². The molecule has 0 saturated heterocycles. The number of nitrogens with zero attached hydrogens (tertiary/aromatic N) is 1. The molecule has 0 spiro atoms. The van der Waals surface area contributed by atoms with Crippen LogP contribution in [0.3, 0.4) is 0 Å². The Morgan fingerprint density at radius 3 is 2.58 bits per heavy atom. The first-order valence-electron chi connectivity index (χ1n) is 3.16. The number of alkyl halides is 2. The van der Waals surface area contributed by atoms with Crippen molar-refractivity contribution in [3.8, 4) is 5.75 Å². The fraction of sp³-hybridized carbons (Fsp3) is 0.286. The minimum Gasteiger partial charge on any atom is -0.506 e. The van der Waals surface area contributed by atoms with Gasteiger partial charge in [-0.05, 0) is 12.5 Å². The van der Waals surface area contributed by atoms with E-state index in [1.165, 1.54) is 6.92 Å². The van der Waals surface area contributed by atoms with Crippen molar-refractivity contribution in [2.45, 2.75) is 13.3 Å². The summed E-state index contributed by atoms with van der Waals surface area (Å²) in [5, 5.41) is 8.97. The lowest BCUT2D eigenvalue weighted by molar-refractivity contribution is 0.146. The first-order chi connectivity index (χ1) is 5.54. The van der Waals surface area contributed by atoms with Gasteiger partial charge in [-0.3, -0.25) is 0 Å². The van der Waals surface area contributed by atoms with Crippen LogP contribution in [-0.2, 0) is 0 Å². The van der Waals surface area contributed by atoms with Gasteiger partial charge in [0, 0.05) is 0 Å². The molecule has 66 valence electrons. The van der Waals surface area contributed by atoms with Gasteiger partial charge in [0.1, 0.15) is 10.9 Å². The second kappa shape index (κ2) is 3.23. The number of aromatic hydroxyl groups is 1. The molecule has 1 rings (SSSR count). The van der Waals surface area contributed by atoms with Crippen LogP contribution < -0.4 is 0 Å². The number of rotatable bonds is 1. The zero-order valence-electron chi connectivity index (χ0n) is 6.18. The zero-order chi connectivity index (χ0) is 9.30. The monoisotopic (exact) mass is 193 g/mol. The Kier molecular flexibility index (Phi) is 2.47. The number of halogens is 3. The number of pyridine rings is 1. The van der Waals surface area contributed by atoms with Crippen molar-refractivity contribution in [1.82, 2.24) is 4.98 Å². The van der Waals surface area contributed by atoms with Crippen LogP contribution >= 0.6 is 11.6 Å². The van der Waals surface area contributed by atoms with E-state index in [2.05, 4.69) is 4.98 Å². The molecule has 1 N–H and O–H groups in total. The average molecular weight is 194 g/mol. The van der Waals surface area contributed by atoms with Crippen molar-refractivity contribution in [2.75, 3.05) is 0 Å². The molecule has 2 nitrogen and oxygen atoms in total. The highest BCUT2D eigenvalue weighted by Crippen LogP contribution is 2.32. The van der Waals surface area contributed by atoms with Crippen LogP contribution in [0.25, 0.3) is 0 Å². The van der Waals surface area contributed by atoms with Gasteiger partial charge in [0.25, 0.3) is 6.43 Å².